The molecule has 1 amide bonds. The van der Waals surface area contributed by atoms with E-state index in [4.69, 9.17) is 34.0 Å². The molecule has 14 heteroatoms. The van der Waals surface area contributed by atoms with Gasteiger partial charge in [0.1, 0.15) is 23.2 Å². The molecule has 1 saturated heterocycles. The van der Waals surface area contributed by atoms with Gasteiger partial charge in [-0.05, 0) is 81.3 Å². The number of imidazole rings is 1. The number of fused-ring (bicyclic) bond motifs is 1. The maximum atomic E-state index is 12.7. The first-order chi connectivity index (χ1) is 26.0. The molecule has 2 aromatic carbocycles. The number of hydrogen-bond donors (Lipinski definition) is 1. The molecule has 0 radical (unpaired) electrons. The van der Waals surface area contributed by atoms with Crippen LogP contribution in [0.5, 0.6) is 17.5 Å². The number of carbonyl (C=O) groups excluding carboxylic acids is 1. The van der Waals surface area contributed by atoms with Gasteiger partial charge in [-0.3, -0.25) is 4.68 Å². The van der Waals surface area contributed by atoms with Crippen molar-refractivity contribution in [3.05, 3.63) is 89.5 Å². The number of carbonyl (C=O) groups is 1. The Morgan fingerprint density at radius 3 is 2.28 bits per heavy atom. The lowest BCUT2D eigenvalue weighted by Crippen LogP contribution is -2.43. The zero-order valence-electron chi connectivity index (χ0n) is 32.1. The molecule has 0 bridgehead atoms. The van der Waals surface area contributed by atoms with E-state index in [2.05, 4.69) is 16.9 Å². The number of likely N-dealkylation sites (tertiary alicyclic amines) is 1. The van der Waals surface area contributed by atoms with Crippen LogP contribution in [0.25, 0.3) is 5.65 Å². The fourth-order valence-corrected chi connectivity index (χ4v) is 6.50. The summed E-state index contributed by atoms with van der Waals surface area (Å²) in [6, 6.07) is 16.0. The van der Waals surface area contributed by atoms with Crippen LogP contribution in [0.15, 0.2) is 67.1 Å². The van der Waals surface area contributed by atoms with Crippen LogP contribution in [0.1, 0.15) is 81.9 Å². The maximum absolute atomic E-state index is 12.7. The standard InChI is InChI=1S/C40H52N8O6/c1-7-8-20-53-38-43-37(46(23-28-11-15-32(51-5)16-12-28)24-29-13-17-33(52-6)18-14-29)36-41-22-34(48(36)44-38)35(49)31-21-42-47(27-31)26-30-10-9-19-45(25-30)39(50)54-40(2,3)4/h11-18,21-22,27,30,35,49H,7-10,19-20,23-26H2,1-6H3. The number of nitrogens with zero attached hydrogens (tertiary/aromatic N) is 8. The van der Waals surface area contributed by atoms with E-state index in [1.165, 1.54) is 0 Å². The van der Waals surface area contributed by atoms with E-state index in [1.54, 1.807) is 36.0 Å². The molecule has 6 rings (SSSR count). The fourth-order valence-electron chi connectivity index (χ4n) is 6.50. The number of ether oxygens (including phenoxy) is 4. The number of unbranched alkanes of at least 4 members (excludes halogenated alkanes) is 1. The Bertz CT molecular complexity index is 1920. The van der Waals surface area contributed by atoms with E-state index >= 15 is 0 Å². The molecule has 3 aromatic heterocycles. The minimum atomic E-state index is -1.08. The molecule has 1 N–H and O–H groups in total. The normalized spacial score (nSPS) is 15.2. The van der Waals surface area contributed by atoms with Crippen LogP contribution in [-0.4, -0.2) is 85.0 Å². The lowest BCUT2D eigenvalue weighted by molar-refractivity contribution is 0.0155. The van der Waals surface area contributed by atoms with Gasteiger partial charge in [0.05, 0.1) is 38.9 Å². The third kappa shape index (κ3) is 9.59. The largest absolute Gasteiger partial charge is 0.497 e. The number of anilines is 1. The van der Waals surface area contributed by atoms with Crippen LogP contribution in [0.3, 0.4) is 0 Å². The van der Waals surface area contributed by atoms with E-state index in [1.807, 2.05) is 80.2 Å². The summed E-state index contributed by atoms with van der Waals surface area (Å²) < 4.78 is 26.0. The van der Waals surface area contributed by atoms with E-state index in [9.17, 15) is 9.90 Å². The lowest BCUT2D eigenvalue weighted by atomic mass is 9.98. The number of aromatic nitrogens is 6. The smallest absolute Gasteiger partial charge is 0.410 e. The van der Waals surface area contributed by atoms with Crippen LogP contribution in [0, 0.1) is 5.92 Å². The maximum Gasteiger partial charge on any atom is 0.410 e. The molecule has 5 aromatic rings. The Morgan fingerprint density at radius 2 is 1.67 bits per heavy atom. The Hall–Kier alpha value is -5.37. The SMILES string of the molecule is CCCCOc1nc(N(Cc2ccc(OC)cc2)Cc2ccc(OC)cc2)c2ncc(C(O)c3cnn(CC4CCCN(C(=O)OC(C)(C)C)C4)c3)n2n1. The summed E-state index contributed by atoms with van der Waals surface area (Å²) in [7, 11) is 3.30. The molecule has 14 nitrogen and oxygen atoms in total. The van der Waals surface area contributed by atoms with Crippen molar-refractivity contribution in [1.29, 1.82) is 0 Å². The molecular weight excluding hydrogens is 688 g/mol. The number of piperidine rings is 1. The topological polar surface area (TPSA) is 142 Å². The summed E-state index contributed by atoms with van der Waals surface area (Å²) in [6.45, 7) is 11.0. The zero-order valence-corrected chi connectivity index (χ0v) is 32.1. The molecule has 0 saturated carbocycles. The quantitative estimate of drug-likeness (QED) is 0.118. The second kappa shape index (κ2) is 17.2. The van der Waals surface area contributed by atoms with Gasteiger partial charge in [-0.2, -0.15) is 10.1 Å². The minimum Gasteiger partial charge on any atom is -0.497 e. The van der Waals surface area contributed by atoms with Gasteiger partial charge in [0.25, 0.3) is 0 Å². The van der Waals surface area contributed by atoms with E-state index in [-0.39, 0.29) is 18.0 Å². The van der Waals surface area contributed by atoms with Gasteiger partial charge in [-0.15, -0.1) is 5.10 Å². The van der Waals surface area contributed by atoms with Gasteiger partial charge < -0.3 is 33.9 Å². The van der Waals surface area contributed by atoms with Crippen molar-refractivity contribution in [2.24, 2.45) is 5.92 Å². The third-order valence-electron chi connectivity index (χ3n) is 9.31. The van der Waals surface area contributed by atoms with Gasteiger partial charge >= 0.3 is 12.1 Å². The average Bonchev–Trinajstić information content (AvgIpc) is 3.82. The predicted molar refractivity (Wildman–Crippen MR) is 204 cm³/mol. The van der Waals surface area contributed by atoms with Crippen molar-refractivity contribution in [3.63, 3.8) is 0 Å². The van der Waals surface area contributed by atoms with Gasteiger partial charge in [0, 0.05) is 44.5 Å². The molecule has 4 heterocycles. The Kier molecular flexibility index (Phi) is 12.2. The molecule has 0 spiro atoms. The number of aliphatic hydroxyl groups excluding tert-OH is 1. The van der Waals surface area contributed by atoms with E-state index in [0.717, 1.165) is 48.3 Å². The molecule has 288 valence electrons. The van der Waals surface area contributed by atoms with Crippen LogP contribution in [0.2, 0.25) is 0 Å². The van der Waals surface area contributed by atoms with Gasteiger partial charge in [0.2, 0.25) is 0 Å². The van der Waals surface area contributed by atoms with Crippen LogP contribution >= 0.6 is 0 Å². The first kappa shape index (κ1) is 38.4. The van der Waals surface area contributed by atoms with Gasteiger partial charge in [-0.25, -0.2) is 14.3 Å². The van der Waals surface area contributed by atoms with Crippen molar-refractivity contribution in [3.8, 4) is 17.5 Å². The Morgan fingerprint density at radius 1 is 1.00 bits per heavy atom. The summed E-state index contributed by atoms with van der Waals surface area (Å²) >= 11 is 0. The molecule has 0 aliphatic carbocycles. The minimum absolute atomic E-state index is 0.189. The zero-order chi connectivity index (χ0) is 38.2. The molecule has 2 unspecified atom stereocenters. The summed E-state index contributed by atoms with van der Waals surface area (Å²) in [5, 5.41) is 21.1. The van der Waals surface area contributed by atoms with Crippen molar-refractivity contribution in [1.82, 2.24) is 34.3 Å². The highest BCUT2D eigenvalue weighted by atomic mass is 16.6. The molecule has 1 aliphatic rings. The van der Waals surface area contributed by atoms with Crippen LogP contribution in [-0.2, 0) is 24.4 Å². The summed E-state index contributed by atoms with van der Waals surface area (Å²) in [5.41, 5.74) is 3.07. The first-order valence-corrected chi connectivity index (χ1v) is 18.6. The van der Waals surface area contributed by atoms with E-state index in [0.29, 0.717) is 62.1 Å². The predicted octanol–water partition coefficient (Wildman–Crippen LogP) is 6.45. The molecule has 54 heavy (non-hydrogen) atoms. The molecule has 1 fully saturated rings. The molecule has 2 atom stereocenters. The van der Waals surface area contributed by atoms with Crippen LogP contribution < -0.4 is 19.1 Å². The van der Waals surface area contributed by atoms with Gasteiger partial charge in [-0.1, -0.05) is 37.6 Å². The highest BCUT2D eigenvalue weighted by Gasteiger charge is 2.29. The lowest BCUT2D eigenvalue weighted by Gasteiger charge is -2.34. The summed E-state index contributed by atoms with van der Waals surface area (Å²) in [5.74, 6) is 2.30. The fraction of sp³-hybridized carbons (Fsp3) is 0.475. The van der Waals surface area contributed by atoms with Crippen molar-refractivity contribution in [2.45, 2.75) is 84.7 Å². The monoisotopic (exact) mass is 740 g/mol. The van der Waals surface area contributed by atoms with Gasteiger partial charge in [0.15, 0.2) is 11.5 Å². The number of benzene rings is 2. The first-order valence-electron chi connectivity index (χ1n) is 18.6. The third-order valence-corrected chi connectivity index (χ3v) is 9.31. The Balaban J connectivity index is 1.29. The molecule has 1 aliphatic heterocycles. The Labute approximate surface area is 316 Å². The number of methoxy groups -OCH3 is 2. The van der Waals surface area contributed by atoms with E-state index < -0.39 is 11.7 Å². The highest BCUT2D eigenvalue weighted by Crippen LogP contribution is 2.30. The number of hydrogen-bond acceptors (Lipinski definition) is 11. The van der Waals surface area contributed by atoms with Crippen molar-refractivity contribution in [2.75, 3.05) is 38.8 Å². The number of rotatable bonds is 15. The van der Waals surface area contributed by atoms with Crippen LogP contribution in [0.4, 0.5) is 10.6 Å². The molecular formula is C40H52N8O6. The number of aliphatic hydroxyl groups is 1. The second-order valence-corrected chi connectivity index (χ2v) is 14.7. The summed E-state index contributed by atoms with van der Waals surface area (Å²) in [4.78, 5) is 26.3. The van der Waals surface area contributed by atoms with Crippen molar-refractivity contribution < 1.29 is 28.8 Å². The van der Waals surface area contributed by atoms with Crippen molar-refractivity contribution >= 4 is 17.6 Å². The highest BCUT2D eigenvalue weighted by molar-refractivity contribution is 5.68. The second-order valence-electron chi connectivity index (χ2n) is 14.7. The number of amides is 1. The average molecular weight is 741 g/mol. The summed E-state index contributed by atoms with van der Waals surface area (Å²) in [6.07, 6.45) is 7.42.